The molecule has 6 heteroatoms. The molecule has 17 heavy (non-hydrogen) atoms. The topological polar surface area (TPSA) is 52.4 Å². The molecule has 0 N–H and O–H groups in total. The number of para-hydroxylation sites is 1. The van der Waals surface area contributed by atoms with Crippen molar-refractivity contribution in [1.29, 1.82) is 0 Å². The summed E-state index contributed by atoms with van der Waals surface area (Å²) in [6, 6.07) is 5.12. The summed E-state index contributed by atoms with van der Waals surface area (Å²) in [5, 5.41) is 11.0. The average Bonchev–Trinajstić information content (AvgIpc) is 2.29. The van der Waals surface area contributed by atoms with Crippen LogP contribution in [-0.2, 0) is 0 Å². The lowest BCUT2D eigenvalue weighted by Gasteiger charge is -2.07. The summed E-state index contributed by atoms with van der Waals surface area (Å²) >= 11 is 7.01. The zero-order valence-corrected chi connectivity index (χ0v) is 11.1. The molecule has 0 heterocycles. The lowest BCUT2D eigenvalue weighted by Crippen LogP contribution is -1.99. The van der Waals surface area contributed by atoms with Gasteiger partial charge < -0.3 is 4.74 Å². The second kappa shape index (κ2) is 7.40. The Kier molecular flexibility index (Phi) is 6.15. The van der Waals surface area contributed by atoms with Crippen molar-refractivity contribution in [3.05, 3.63) is 28.3 Å². The van der Waals surface area contributed by atoms with Gasteiger partial charge in [0.15, 0.2) is 5.75 Å². The van der Waals surface area contributed by atoms with Crippen LogP contribution in [0.3, 0.4) is 0 Å². The van der Waals surface area contributed by atoms with Crippen LogP contribution in [0.25, 0.3) is 0 Å². The van der Waals surface area contributed by atoms with Gasteiger partial charge in [-0.05, 0) is 31.2 Å². The number of alkyl halides is 1. The van der Waals surface area contributed by atoms with Crippen molar-refractivity contribution >= 4 is 29.1 Å². The third-order valence-electron chi connectivity index (χ3n) is 1.98. The summed E-state index contributed by atoms with van der Waals surface area (Å²) in [4.78, 5) is 11.3. The molecule has 0 saturated heterocycles. The Hall–Kier alpha value is -0.940. The molecule has 0 saturated carbocycles. The standard InChI is InChI=1S/C11H14ClNO3S/c1-2-16-9-5-3-6-10(11(9)13(14)15)17-8-4-7-12/h3,5-6H,2,4,7-8H2,1H3. The van der Waals surface area contributed by atoms with Crippen molar-refractivity contribution in [3.63, 3.8) is 0 Å². The summed E-state index contributed by atoms with van der Waals surface area (Å²) in [5.41, 5.74) is 0.0499. The smallest absolute Gasteiger partial charge is 0.324 e. The third kappa shape index (κ3) is 4.09. The highest BCUT2D eigenvalue weighted by Crippen LogP contribution is 2.37. The van der Waals surface area contributed by atoms with Crippen molar-refractivity contribution in [1.82, 2.24) is 0 Å². The van der Waals surface area contributed by atoms with E-state index in [1.54, 1.807) is 25.1 Å². The van der Waals surface area contributed by atoms with E-state index in [2.05, 4.69) is 0 Å². The molecule has 1 aromatic rings. The van der Waals surface area contributed by atoms with E-state index in [4.69, 9.17) is 16.3 Å². The first-order valence-electron chi connectivity index (χ1n) is 5.29. The van der Waals surface area contributed by atoms with E-state index >= 15 is 0 Å². The first-order valence-corrected chi connectivity index (χ1v) is 6.81. The Morgan fingerprint density at radius 2 is 2.29 bits per heavy atom. The third-order valence-corrected chi connectivity index (χ3v) is 3.38. The van der Waals surface area contributed by atoms with E-state index in [0.29, 0.717) is 23.1 Å². The van der Waals surface area contributed by atoms with Gasteiger partial charge in [-0.25, -0.2) is 0 Å². The number of nitro groups is 1. The van der Waals surface area contributed by atoms with Crippen molar-refractivity contribution in [2.75, 3.05) is 18.2 Å². The molecule has 0 aliphatic heterocycles. The maximum atomic E-state index is 11.0. The number of benzene rings is 1. The second-order valence-electron chi connectivity index (χ2n) is 3.18. The van der Waals surface area contributed by atoms with Crippen LogP contribution in [0.15, 0.2) is 23.1 Å². The first kappa shape index (κ1) is 14.1. The molecule has 0 aliphatic rings. The van der Waals surface area contributed by atoms with E-state index in [9.17, 15) is 10.1 Å². The van der Waals surface area contributed by atoms with Crippen molar-refractivity contribution in [2.24, 2.45) is 0 Å². The monoisotopic (exact) mass is 275 g/mol. The van der Waals surface area contributed by atoms with Crippen LogP contribution < -0.4 is 4.74 Å². The maximum absolute atomic E-state index is 11.0. The van der Waals surface area contributed by atoms with Crippen LogP contribution in [0, 0.1) is 10.1 Å². The number of rotatable bonds is 7. The molecule has 0 unspecified atom stereocenters. The highest BCUT2D eigenvalue weighted by atomic mass is 35.5. The molecule has 94 valence electrons. The number of halogens is 1. The van der Waals surface area contributed by atoms with Crippen LogP contribution in [0.4, 0.5) is 5.69 Å². The fourth-order valence-electron chi connectivity index (χ4n) is 1.31. The summed E-state index contributed by atoms with van der Waals surface area (Å²) in [7, 11) is 0. The molecule has 0 aliphatic carbocycles. The fourth-order valence-corrected chi connectivity index (χ4v) is 2.59. The van der Waals surface area contributed by atoms with Crippen LogP contribution in [0.1, 0.15) is 13.3 Å². The van der Waals surface area contributed by atoms with Gasteiger partial charge in [0.05, 0.1) is 16.4 Å². The van der Waals surface area contributed by atoms with Gasteiger partial charge in [-0.3, -0.25) is 10.1 Å². The van der Waals surface area contributed by atoms with E-state index in [1.165, 1.54) is 11.8 Å². The molecule has 4 nitrogen and oxygen atoms in total. The van der Waals surface area contributed by atoms with Gasteiger partial charge in [-0.15, -0.1) is 23.4 Å². The van der Waals surface area contributed by atoms with E-state index in [1.807, 2.05) is 0 Å². The minimum Gasteiger partial charge on any atom is -0.487 e. The number of hydrogen-bond acceptors (Lipinski definition) is 4. The lowest BCUT2D eigenvalue weighted by molar-refractivity contribution is -0.388. The molecular formula is C11H14ClNO3S. The SMILES string of the molecule is CCOc1cccc(SCCCCl)c1[N+](=O)[O-]. The Morgan fingerprint density at radius 3 is 2.88 bits per heavy atom. The first-order chi connectivity index (χ1) is 8.20. The Labute approximate surface area is 109 Å². The normalized spacial score (nSPS) is 10.2. The van der Waals surface area contributed by atoms with E-state index < -0.39 is 4.92 Å². The summed E-state index contributed by atoms with van der Waals surface area (Å²) in [5.74, 6) is 1.65. The second-order valence-corrected chi connectivity index (χ2v) is 4.70. The number of ether oxygens (including phenoxy) is 1. The molecule has 0 fully saturated rings. The highest BCUT2D eigenvalue weighted by molar-refractivity contribution is 7.99. The minimum absolute atomic E-state index is 0.0499. The summed E-state index contributed by atoms with van der Waals surface area (Å²) in [6.07, 6.45) is 0.822. The van der Waals surface area contributed by atoms with Crippen molar-refractivity contribution in [3.8, 4) is 5.75 Å². The molecule has 1 rings (SSSR count). The zero-order chi connectivity index (χ0) is 12.7. The van der Waals surface area contributed by atoms with Crippen LogP contribution in [0.5, 0.6) is 5.75 Å². The van der Waals surface area contributed by atoms with Crippen LogP contribution in [0.2, 0.25) is 0 Å². The largest absolute Gasteiger partial charge is 0.487 e. The molecular weight excluding hydrogens is 262 g/mol. The molecule has 0 bridgehead atoms. The molecule has 1 aromatic carbocycles. The molecule has 0 spiro atoms. The number of hydrogen-bond donors (Lipinski definition) is 0. The number of nitrogens with zero attached hydrogens (tertiary/aromatic N) is 1. The Morgan fingerprint density at radius 1 is 1.53 bits per heavy atom. The van der Waals surface area contributed by atoms with Gasteiger partial charge in [0.1, 0.15) is 0 Å². The molecule has 0 amide bonds. The van der Waals surface area contributed by atoms with Gasteiger partial charge in [-0.1, -0.05) is 6.07 Å². The van der Waals surface area contributed by atoms with Crippen LogP contribution in [-0.4, -0.2) is 23.2 Å². The van der Waals surface area contributed by atoms with Crippen molar-refractivity contribution < 1.29 is 9.66 Å². The molecule has 0 atom stereocenters. The van der Waals surface area contributed by atoms with Gasteiger partial charge in [-0.2, -0.15) is 0 Å². The lowest BCUT2D eigenvalue weighted by atomic mass is 10.3. The summed E-state index contributed by atoms with van der Waals surface area (Å²) in [6.45, 7) is 2.22. The van der Waals surface area contributed by atoms with Crippen LogP contribution >= 0.6 is 23.4 Å². The predicted molar refractivity (Wildman–Crippen MR) is 70.3 cm³/mol. The van der Waals surface area contributed by atoms with Crippen molar-refractivity contribution in [2.45, 2.75) is 18.2 Å². The number of nitro benzene ring substituents is 1. The van der Waals surface area contributed by atoms with Gasteiger partial charge in [0.25, 0.3) is 0 Å². The molecule has 0 radical (unpaired) electrons. The minimum atomic E-state index is -0.395. The van der Waals surface area contributed by atoms with E-state index in [-0.39, 0.29) is 5.69 Å². The Balaban J connectivity index is 2.94. The van der Waals surface area contributed by atoms with Gasteiger partial charge in [0, 0.05) is 5.88 Å². The van der Waals surface area contributed by atoms with Gasteiger partial charge >= 0.3 is 5.69 Å². The predicted octanol–water partition coefficient (Wildman–Crippen LogP) is 3.71. The quantitative estimate of drug-likeness (QED) is 0.250. The zero-order valence-electron chi connectivity index (χ0n) is 9.52. The van der Waals surface area contributed by atoms with E-state index in [0.717, 1.165) is 12.2 Å². The Bertz CT molecular complexity index is 387. The highest BCUT2D eigenvalue weighted by Gasteiger charge is 2.20. The average molecular weight is 276 g/mol. The fraction of sp³-hybridized carbons (Fsp3) is 0.455. The molecule has 0 aromatic heterocycles. The van der Waals surface area contributed by atoms with Gasteiger partial charge in [0.2, 0.25) is 0 Å². The number of thioether (sulfide) groups is 1. The summed E-state index contributed by atoms with van der Waals surface area (Å²) < 4.78 is 5.26. The maximum Gasteiger partial charge on any atom is 0.324 e.